The van der Waals surface area contributed by atoms with E-state index in [4.69, 9.17) is 28.4 Å². The van der Waals surface area contributed by atoms with Crippen LogP contribution in [0.1, 0.15) is 51.8 Å². The van der Waals surface area contributed by atoms with Crippen LogP contribution in [-0.2, 0) is 28.4 Å². The average molecular weight is 780 g/mol. The zero-order valence-corrected chi connectivity index (χ0v) is 29.4. The summed E-state index contributed by atoms with van der Waals surface area (Å²) >= 11 is 3.48. The fourth-order valence-corrected chi connectivity index (χ4v) is 6.02. The Morgan fingerprint density at radius 1 is 0.453 bits per heavy atom. The molecule has 0 N–H and O–H groups in total. The predicted octanol–water partition coefficient (Wildman–Crippen LogP) is 6.82. The van der Waals surface area contributed by atoms with E-state index in [1.165, 1.54) is 60.7 Å². The van der Waals surface area contributed by atoms with Crippen LogP contribution < -0.4 is 0 Å². The van der Waals surface area contributed by atoms with Crippen LogP contribution in [-0.4, -0.2) is 65.6 Å². The Morgan fingerprint density at radius 3 is 1.17 bits per heavy atom. The summed E-state index contributed by atoms with van der Waals surface area (Å²) in [4.78, 5) is 67.9. The van der Waals surface area contributed by atoms with E-state index in [0.717, 1.165) is 0 Å². The van der Waals surface area contributed by atoms with E-state index in [1.807, 2.05) is 0 Å². The molecule has 5 atom stereocenters. The second-order valence-corrected chi connectivity index (χ2v) is 13.0. The first-order valence-corrected chi connectivity index (χ1v) is 17.1. The summed E-state index contributed by atoms with van der Waals surface area (Å²) in [7, 11) is 0. The molecular weight excluding hydrogens is 748 g/mol. The number of carbonyl (C=O) groups excluding carboxylic acids is 5. The molecule has 0 spiro atoms. The molecule has 1 aliphatic rings. The number of rotatable bonds is 11. The molecule has 0 amide bonds. The number of esters is 5. The van der Waals surface area contributed by atoms with E-state index in [2.05, 4.69) is 15.9 Å². The van der Waals surface area contributed by atoms with E-state index in [1.54, 1.807) is 91.0 Å². The Labute approximate surface area is 312 Å². The summed E-state index contributed by atoms with van der Waals surface area (Å²) in [5, 5.41) is 0. The zero-order chi connectivity index (χ0) is 37.2. The standard InChI is InChI=1S/C41H31BrO11/c42-41(26-48-35(43)27-16-6-1-7-17-27)34(51-38(46)30-22-12-4-13-23-30)32(49-36(44)28-18-8-2-9-19-28)33(50-37(45)29-20-10-3-11-21-29)40(53-41)52-39(47)31-24-14-5-15-25-31/h1-25,32-34,40H,26H2/t32-,33-,34+,40+,41+/m1/s1. The lowest BCUT2D eigenvalue weighted by Gasteiger charge is -2.47. The number of hydrogen-bond donors (Lipinski definition) is 0. The van der Waals surface area contributed by atoms with Gasteiger partial charge in [-0.3, -0.25) is 0 Å². The molecule has 5 aromatic carbocycles. The molecule has 0 radical (unpaired) electrons. The normalized spacial score (nSPS) is 20.6. The Balaban J connectivity index is 1.45. The SMILES string of the molecule is O=C(OC[C@]1(Br)O[C@H](OC(=O)c2ccccc2)[C@H](OC(=O)c2ccccc2)[C@@H](OC(=O)c2ccccc2)[C@@H]1OC(=O)c1ccccc1)c1ccccc1. The van der Waals surface area contributed by atoms with Gasteiger partial charge in [-0.1, -0.05) is 91.0 Å². The van der Waals surface area contributed by atoms with Crippen LogP contribution in [0.5, 0.6) is 0 Å². The summed E-state index contributed by atoms with van der Waals surface area (Å²) in [5.74, 6) is -4.34. The second kappa shape index (κ2) is 16.9. The minimum atomic E-state index is -2.07. The highest BCUT2D eigenvalue weighted by molar-refractivity contribution is 9.10. The third-order valence-electron chi connectivity index (χ3n) is 8.02. The van der Waals surface area contributed by atoms with Crippen molar-refractivity contribution < 1.29 is 52.4 Å². The lowest BCUT2D eigenvalue weighted by atomic mass is 9.97. The third-order valence-corrected chi connectivity index (χ3v) is 8.89. The average Bonchev–Trinajstić information content (AvgIpc) is 3.21. The van der Waals surface area contributed by atoms with E-state index in [0.29, 0.717) is 0 Å². The Kier molecular flexibility index (Phi) is 11.7. The van der Waals surface area contributed by atoms with Gasteiger partial charge in [0.2, 0.25) is 16.9 Å². The number of alkyl halides is 1. The quantitative estimate of drug-likeness (QED) is 0.0792. The van der Waals surface area contributed by atoms with Crippen LogP contribution in [0.15, 0.2) is 152 Å². The van der Waals surface area contributed by atoms with Crippen molar-refractivity contribution in [2.45, 2.75) is 29.1 Å². The van der Waals surface area contributed by atoms with Crippen molar-refractivity contribution in [3.63, 3.8) is 0 Å². The molecule has 12 heteroatoms. The van der Waals surface area contributed by atoms with Crippen molar-refractivity contribution >= 4 is 45.8 Å². The van der Waals surface area contributed by atoms with Crippen LogP contribution in [0.25, 0.3) is 0 Å². The highest BCUT2D eigenvalue weighted by Gasteiger charge is 2.61. The van der Waals surface area contributed by atoms with Crippen LogP contribution in [0, 0.1) is 0 Å². The summed E-state index contributed by atoms with van der Waals surface area (Å²) < 4.78 is 33.8. The summed E-state index contributed by atoms with van der Waals surface area (Å²) in [6.07, 6.45) is -7.01. The lowest BCUT2D eigenvalue weighted by Crippen LogP contribution is -2.67. The van der Waals surface area contributed by atoms with Gasteiger partial charge in [0.25, 0.3) is 0 Å². The molecule has 6 rings (SSSR count). The molecule has 53 heavy (non-hydrogen) atoms. The molecular formula is C41H31BrO11. The van der Waals surface area contributed by atoms with Gasteiger partial charge in [-0.05, 0) is 76.6 Å². The summed E-state index contributed by atoms with van der Waals surface area (Å²) in [5.41, 5.74) is 0.654. The Bertz CT molecular complexity index is 2030. The number of benzene rings is 5. The number of halogens is 1. The molecule has 5 aromatic rings. The molecule has 1 aliphatic heterocycles. The molecule has 0 aliphatic carbocycles. The van der Waals surface area contributed by atoms with Gasteiger partial charge in [-0.25, -0.2) is 24.0 Å². The first kappa shape index (κ1) is 36.7. The smallest absolute Gasteiger partial charge is 0.340 e. The van der Waals surface area contributed by atoms with Crippen molar-refractivity contribution in [1.29, 1.82) is 0 Å². The fourth-order valence-electron chi connectivity index (χ4n) is 5.37. The minimum absolute atomic E-state index is 0.105. The van der Waals surface area contributed by atoms with Crippen LogP contribution >= 0.6 is 15.9 Å². The van der Waals surface area contributed by atoms with Crippen molar-refractivity contribution in [3.8, 4) is 0 Å². The van der Waals surface area contributed by atoms with E-state index in [9.17, 15) is 24.0 Å². The number of ether oxygens (including phenoxy) is 6. The largest absolute Gasteiger partial charge is 0.458 e. The molecule has 1 fully saturated rings. The second-order valence-electron chi connectivity index (χ2n) is 11.6. The Hall–Kier alpha value is -6.11. The summed E-state index contributed by atoms with van der Waals surface area (Å²) in [6.45, 7) is -0.675. The number of carbonyl (C=O) groups is 5. The van der Waals surface area contributed by atoms with Gasteiger partial charge in [0.1, 0.15) is 6.61 Å². The van der Waals surface area contributed by atoms with E-state index in [-0.39, 0.29) is 27.8 Å². The maximum Gasteiger partial charge on any atom is 0.340 e. The molecule has 0 unspecified atom stereocenters. The van der Waals surface area contributed by atoms with Gasteiger partial charge in [0.05, 0.1) is 27.8 Å². The van der Waals surface area contributed by atoms with Gasteiger partial charge in [-0.2, -0.15) is 0 Å². The predicted molar refractivity (Wildman–Crippen MR) is 192 cm³/mol. The first-order valence-electron chi connectivity index (χ1n) is 16.3. The van der Waals surface area contributed by atoms with Crippen molar-refractivity contribution in [3.05, 3.63) is 179 Å². The van der Waals surface area contributed by atoms with Crippen LogP contribution in [0.3, 0.4) is 0 Å². The van der Waals surface area contributed by atoms with Crippen molar-refractivity contribution in [1.82, 2.24) is 0 Å². The summed E-state index contributed by atoms with van der Waals surface area (Å²) in [6, 6.07) is 39.8. The molecule has 11 nitrogen and oxygen atoms in total. The molecule has 0 saturated carbocycles. The van der Waals surface area contributed by atoms with E-state index < -0.39 is 65.6 Å². The third kappa shape index (κ3) is 9.04. The molecule has 1 saturated heterocycles. The monoisotopic (exact) mass is 778 g/mol. The van der Waals surface area contributed by atoms with Gasteiger partial charge in [0, 0.05) is 0 Å². The van der Waals surface area contributed by atoms with Gasteiger partial charge in [0.15, 0.2) is 12.2 Å². The zero-order valence-electron chi connectivity index (χ0n) is 27.8. The van der Waals surface area contributed by atoms with Crippen LogP contribution in [0.4, 0.5) is 0 Å². The molecule has 1 heterocycles. The number of hydrogen-bond acceptors (Lipinski definition) is 11. The topological polar surface area (TPSA) is 141 Å². The van der Waals surface area contributed by atoms with Gasteiger partial charge >= 0.3 is 29.8 Å². The van der Waals surface area contributed by atoms with E-state index >= 15 is 0 Å². The fraction of sp³-hybridized carbons (Fsp3) is 0.146. The highest BCUT2D eigenvalue weighted by atomic mass is 79.9. The molecule has 268 valence electrons. The Morgan fingerprint density at radius 2 is 0.774 bits per heavy atom. The highest BCUT2D eigenvalue weighted by Crippen LogP contribution is 2.41. The molecule has 0 bridgehead atoms. The molecule has 0 aromatic heterocycles. The van der Waals surface area contributed by atoms with Gasteiger partial charge < -0.3 is 28.4 Å². The maximum atomic E-state index is 13.8. The maximum absolute atomic E-state index is 13.8. The van der Waals surface area contributed by atoms with Gasteiger partial charge in [-0.15, -0.1) is 0 Å². The minimum Gasteiger partial charge on any atom is -0.458 e. The lowest BCUT2D eigenvalue weighted by molar-refractivity contribution is -0.292. The van der Waals surface area contributed by atoms with Crippen LogP contribution in [0.2, 0.25) is 0 Å². The van der Waals surface area contributed by atoms with Crippen molar-refractivity contribution in [2.75, 3.05) is 6.61 Å². The van der Waals surface area contributed by atoms with Crippen molar-refractivity contribution in [2.24, 2.45) is 0 Å². The first-order chi connectivity index (χ1) is 25.7.